The summed E-state index contributed by atoms with van der Waals surface area (Å²) in [7, 11) is 0. The Morgan fingerprint density at radius 2 is 2.04 bits per heavy atom. The van der Waals surface area contributed by atoms with Crippen molar-refractivity contribution in [2.75, 3.05) is 17.2 Å². The first-order valence-corrected chi connectivity index (χ1v) is 10.2. The highest BCUT2D eigenvalue weighted by Gasteiger charge is 2.25. The fraction of sp³-hybridized carbons (Fsp3) is 0.333. The van der Waals surface area contributed by atoms with Crippen molar-refractivity contribution in [3.05, 3.63) is 59.4 Å². The van der Waals surface area contributed by atoms with Gasteiger partial charge in [-0.1, -0.05) is 24.3 Å². The van der Waals surface area contributed by atoms with Crippen LogP contribution in [0.25, 0.3) is 0 Å². The van der Waals surface area contributed by atoms with Gasteiger partial charge in [0.1, 0.15) is 5.82 Å². The fourth-order valence-corrected chi connectivity index (χ4v) is 4.82. The van der Waals surface area contributed by atoms with Gasteiger partial charge in [0.25, 0.3) is 0 Å². The molecule has 4 rings (SSSR count). The molecule has 2 aromatic carbocycles. The summed E-state index contributed by atoms with van der Waals surface area (Å²) in [6, 6.07) is 12.5. The molecule has 0 spiro atoms. The predicted octanol–water partition coefficient (Wildman–Crippen LogP) is 3.85. The standard InChI is InChI=1S/C21H21FN2O2S/c22-17-4-1-3-16-18(10-12-27-21(16)17)23-19(25)13-14-6-8-15(9-7-14)24-11-2-5-20(24)26/h1,3-4,6-9,18H,2,5,10-13H2,(H,23,25)/t18-/m0/s1. The summed E-state index contributed by atoms with van der Waals surface area (Å²) in [5.74, 6) is 0.648. The van der Waals surface area contributed by atoms with Gasteiger partial charge in [-0.05, 0) is 42.2 Å². The first-order chi connectivity index (χ1) is 13.1. The molecule has 6 heteroatoms. The van der Waals surface area contributed by atoms with E-state index in [2.05, 4.69) is 5.32 Å². The monoisotopic (exact) mass is 384 g/mol. The van der Waals surface area contributed by atoms with Crippen LogP contribution >= 0.6 is 11.8 Å². The molecule has 1 atom stereocenters. The minimum absolute atomic E-state index is 0.0767. The third-order valence-corrected chi connectivity index (χ3v) is 6.21. The van der Waals surface area contributed by atoms with Gasteiger partial charge in [-0.25, -0.2) is 4.39 Å². The molecule has 0 radical (unpaired) electrons. The maximum Gasteiger partial charge on any atom is 0.227 e. The lowest BCUT2D eigenvalue weighted by Gasteiger charge is -2.26. The second kappa shape index (κ2) is 7.72. The van der Waals surface area contributed by atoms with E-state index < -0.39 is 0 Å². The molecule has 2 amide bonds. The van der Waals surface area contributed by atoms with Gasteiger partial charge >= 0.3 is 0 Å². The lowest BCUT2D eigenvalue weighted by Crippen LogP contribution is -2.32. The number of amides is 2. The maximum absolute atomic E-state index is 14.0. The largest absolute Gasteiger partial charge is 0.349 e. The Bertz CT molecular complexity index is 869. The Morgan fingerprint density at radius 3 is 2.78 bits per heavy atom. The molecule has 1 N–H and O–H groups in total. The van der Waals surface area contributed by atoms with Crippen molar-refractivity contribution in [3.8, 4) is 0 Å². The SMILES string of the molecule is O=C(Cc1ccc(N2CCCC2=O)cc1)N[C@H]1CCSc2c(F)cccc21. The molecule has 140 valence electrons. The van der Waals surface area contributed by atoms with E-state index in [1.54, 1.807) is 11.0 Å². The quantitative estimate of drug-likeness (QED) is 0.871. The topological polar surface area (TPSA) is 49.4 Å². The molecule has 2 heterocycles. The molecule has 1 saturated heterocycles. The Morgan fingerprint density at radius 1 is 1.22 bits per heavy atom. The molecule has 2 aromatic rings. The highest BCUT2D eigenvalue weighted by atomic mass is 32.2. The van der Waals surface area contributed by atoms with Gasteiger partial charge in [0.05, 0.1) is 12.5 Å². The number of thioether (sulfide) groups is 1. The molecule has 0 aromatic heterocycles. The van der Waals surface area contributed by atoms with E-state index in [-0.39, 0.29) is 30.1 Å². The van der Waals surface area contributed by atoms with Crippen LogP contribution in [0, 0.1) is 5.82 Å². The minimum Gasteiger partial charge on any atom is -0.349 e. The van der Waals surface area contributed by atoms with E-state index in [1.807, 2.05) is 30.3 Å². The van der Waals surface area contributed by atoms with Crippen LogP contribution < -0.4 is 10.2 Å². The average molecular weight is 384 g/mol. The highest BCUT2D eigenvalue weighted by molar-refractivity contribution is 7.99. The van der Waals surface area contributed by atoms with Crippen molar-refractivity contribution in [1.29, 1.82) is 0 Å². The number of anilines is 1. The van der Waals surface area contributed by atoms with Gasteiger partial charge in [0.2, 0.25) is 11.8 Å². The first-order valence-electron chi connectivity index (χ1n) is 9.22. The van der Waals surface area contributed by atoms with Crippen molar-refractivity contribution in [2.45, 2.75) is 36.6 Å². The lowest BCUT2D eigenvalue weighted by molar-refractivity contribution is -0.121. The van der Waals surface area contributed by atoms with Crippen LogP contribution in [-0.2, 0) is 16.0 Å². The van der Waals surface area contributed by atoms with Crippen molar-refractivity contribution in [2.24, 2.45) is 0 Å². The van der Waals surface area contributed by atoms with Crippen molar-refractivity contribution in [3.63, 3.8) is 0 Å². The van der Waals surface area contributed by atoms with Crippen LogP contribution in [0.3, 0.4) is 0 Å². The summed E-state index contributed by atoms with van der Waals surface area (Å²) < 4.78 is 14.0. The van der Waals surface area contributed by atoms with Crippen LogP contribution in [-0.4, -0.2) is 24.1 Å². The average Bonchev–Trinajstić information content (AvgIpc) is 3.09. The van der Waals surface area contributed by atoms with Crippen LogP contribution in [0.2, 0.25) is 0 Å². The summed E-state index contributed by atoms with van der Waals surface area (Å²) in [5, 5.41) is 3.04. The third-order valence-electron chi connectivity index (χ3n) is 5.05. The fourth-order valence-electron chi connectivity index (χ4n) is 3.68. The van der Waals surface area contributed by atoms with E-state index in [4.69, 9.17) is 0 Å². The molecule has 0 bridgehead atoms. The van der Waals surface area contributed by atoms with Crippen molar-refractivity contribution in [1.82, 2.24) is 5.32 Å². The smallest absolute Gasteiger partial charge is 0.227 e. The number of nitrogens with one attached hydrogen (secondary N) is 1. The summed E-state index contributed by atoms with van der Waals surface area (Å²) in [5.41, 5.74) is 2.64. The van der Waals surface area contributed by atoms with Crippen LogP contribution in [0.4, 0.5) is 10.1 Å². The molecule has 0 unspecified atom stereocenters. The Labute approximate surface area is 162 Å². The molecular weight excluding hydrogens is 363 g/mol. The van der Waals surface area contributed by atoms with Gasteiger partial charge in [-0.2, -0.15) is 0 Å². The highest BCUT2D eigenvalue weighted by Crippen LogP contribution is 2.37. The number of rotatable bonds is 4. The van der Waals surface area contributed by atoms with Crippen molar-refractivity contribution >= 4 is 29.3 Å². The minimum atomic E-state index is -0.219. The van der Waals surface area contributed by atoms with Gasteiger partial charge in [0.15, 0.2) is 0 Å². The number of carbonyl (C=O) groups excluding carboxylic acids is 2. The van der Waals surface area contributed by atoms with Crippen molar-refractivity contribution < 1.29 is 14.0 Å². The Hall–Kier alpha value is -2.34. The van der Waals surface area contributed by atoms with E-state index in [1.165, 1.54) is 17.8 Å². The second-order valence-corrected chi connectivity index (χ2v) is 8.01. The number of carbonyl (C=O) groups is 2. The van der Waals surface area contributed by atoms with E-state index in [0.717, 1.165) is 42.0 Å². The molecular formula is C21H21FN2O2S. The van der Waals surface area contributed by atoms with Crippen LogP contribution in [0.5, 0.6) is 0 Å². The third kappa shape index (κ3) is 3.86. The summed E-state index contributed by atoms with van der Waals surface area (Å²) in [6.07, 6.45) is 2.56. The molecule has 4 nitrogen and oxygen atoms in total. The number of fused-ring (bicyclic) bond motifs is 1. The Kier molecular flexibility index (Phi) is 5.16. The number of hydrogen-bond acceptors (Lipinski definition) is 3. The maximum atomic E-state index is 14.0. The number of hydrogen-bond donors (Lipinski definition) is 1. The van der Waals surface area contributed by atoms with Crippen LogP contribution in [0.1, 0.15) is 36.4 Å². The molecule has 27 heavy (non-hydrogen) atoms. The molecule has 2 aliphatic rings. The summed E-state index contributed by atoms with van der Waals surface area (Å²) in [4.78, 5) is 26.7. The van der Waals surface area contributed by atoms with Gasteiger partial charge in [-0.15, -0.1) is 11.8 Å². The number of nitrogens with zero attached hydrogens (tertiary/aromatic N) is 1. The second-order valence-electron chi connectivity index (χ2n) is 6.91. The molecule has 0 saturated carbocycles. The van der Waals surface area contributed by atoms with E-state index in [9.17, 15) is 14.0 Å². The first kappa shape index (κ1) is 18.0. The Balaban J connectivity index is 1.40. The molecule has 1 fully saturated rings. The predicted molar refractivity (Wildman–Crippen MR) is 104 cm³/mol. The molecule has 2 aliphatic heterocycles. The van der Waals surface area contributed by atoms with Crippen LogP contribution in [0.15, 0.2) is 47.4 Å². The summed E-state index contributed by atoms with van der Waals surface area (Å²) >= 11 is 1.51. The normalized spacial score (nSPS) is 19.1. The number of benzene rings is 2. The lowest BCUT2D eigenvalue weighted by atomic mass is 10.0. The summed E-state index contributed by atoms with van der Waals surface area (Å²) in [6.45, 7) is 0.758. The van der Waals surface area contributed by atoms with Gasteiger partial charge in [-0.3, -0.25) is 9.59 Å². The van der Waals surface area contributed by atoms with Gasteiger partial charge < -0.3 is 10.2 Å². The van der Waals surface area contributed by atoms with E-state index in [0.29, 0.717) is 11.3 Å². The number of halogens is 1. The van der Waals surface area contributed by atoms with Gasteiger partial charge in [0, 0.05) is 29.3 Å². The molecule has 0 aliphatic carbocycles. The zero-order valence-corrected chi connectivity index (χ0v) is 15.7. The zero-order chi connectivity index (χ0) is 18.8. The van der Waals surface area contributed by atoms with E-state index >= 15 is 0 Å². The zero-order valence-electron chi connectivity index (χ0n) is 14.9.